The molecule has 90 valence electrons. The number of hydrogen-bond acceptors (Lipinski definition) is 2. The van der Waals surface area contributed by atoms with Crippen molar-refractivity contribution in [2.45, 2.75) is 32.4 Å². The van der Waals surface area contributed by atoms with Gasteiger partial charge in [0.25, 0.3) is 5.56 Å². The van der Waals surface area contributed by atoms with Crippen LogP contribution in [0.5, 0.6) is 0 Å². The molecular weight excluding hydrogens is 338 g/mol. The molecule has 0 N–H and O–H groups in total. The number of halogens is 2. The SMILES string of the molecule is COC(C)(C)CCn1cc(Br)cc(Br)c1=O. The van der Waals surface area contributed by atoms with Crippen LogP contribution in [0.15, 0.2) is 26.0 Å². The Morgan fingerprint density at radius 1 is 1.44 bits per heavy atom. The lowest BCUT2D eigenvalue weighted by Gasteiger charge is -2.23. The molecule has 0 aliphatic carbocycles. The molecule has 0 saturated heterocycles. The summed E-state index contributed by atoms with van der Waals surface area (Å²) in [6, 6.07) is 1.75. The second-order valence-electron chi connectivity index (χ2n) is 4.22. The van der Waals surface area contributed by atoms with E-state index in [1.165, 1.54) is 0 Å². The molecule has 0 saturated carbocycles. The van der Waals surface area contributed by atoms with Crippen molar-refractivity contribution in [1.29, 1.82) is 0 Å². The molecule has 0 spiro atoms. The van der Waals surface area contributed by atoms with Crippen molar-refractivity contribution in [1.82, 2.24) is 4.57 Å². The van der Waals surface area contributed by atoms with Crippen molar-refractivity contribution in [3.05, 3.63) is 31.6 Å². The number of aromatic nitrogens is 1. The van der Waals surface area contributed by atoms with Gasteiger partial charge in [0.05, 0.1) is 10.1 Å². The van der Waals surface area contributed by atoms with Crippen LogP contribution in [-0.2, 0) is 11.3 Å². The maximum Gasteiger partial charge on any atom is 0.264 e. The van der Waals surface area contributed by atoms with Gasteiger partial charge in [0, 0.05) is 24.3 Å². The van der Waals surface area contributed by atoms with Crippen LogP contribution in [0.4, 0.5) is 0 Å². The minimum Gasteiger partial charge on any atom is -0.379 e. The van der Waals surface area contributed by atoms with Gasteiger partial charge in [-0.05, 0) is 58.2 Å². The van der Waals surface area contributed by atoms with Gasteiger partial charge in [-0.2, -0.15) is 0 Å². The van der Waals surface area contributed by atoms with Gasteiger partial charge >= 0.3 is 0 Å². The fourth-order valence-corrected chi connectivity index (χ4v) is 2.48. The maximum absolute atomic E-state index is 11.8. The van der Waals surface area contributed by atoms with E-state index in [0.29, 0.717) is 11.0 Å². The highest BCUT2D eigenvalue weighted by atomic mass is 79.9. The summed E-state index contributed by atoms with van der Waals surface area (Å²) < 4.78 is 8.45. The van der Waals surface area contributed by atoms with Crippen molar-refractivity contribution < 1.29 is 4.74 Å². The third-order valence-corrected chi connectivity index (χ3v) is 3.52. The van der Waals surface area contributed by atoms with E-state index in [-0.39, 0.29) is 11.2 Å². The van der Waals surface area contributed by atoms with Crippen molar-refractivity contribution in [3.63, 3.8) is 0 Å². The second kappa shape index (κ2) is 5.47. The first-order valence-corrected chi connectivity index (χ1v) is 6.55. The number of methoxy groups -OCH3 is 1. The summed E-state index contributed by atoms with van der Waals surface area (Å²) in [5.74, 6) is 0. The number of pyridine rings is 1. The third-order valence-electron chi connectivity index (χ3n) is 2.52. The maximum atomic E-state index is 11.8. The topological polar surface area (TPSA) is 31.2 Å². The molecule has 1 aromatic rings. The average Bonchev–Trinajstić information content (AvgIpc) is 2.21. The van der Waals surface area contributed by atoms with E-state index in [0.717, 1.165) is 10.9 Å². The summed E-state index contributed by atoms with van der Waals surface area (Å²) >= 11 is 6.60. The molecule has 0 bridgehead atoms. The molecule has 0 atom stereocenters. The Morgan fingerprint density at radius 3 is 2.62 bits per heavy atom. The number of nitrogens with zero attached hydrogens (tertiary/aromatic N) is 1. The van der Waals surface area contributed by atoms with E-state index in [2.05, 4.69) is 31.9 Å². The van der Waals surface area contributed by atoms with Crippen LogP contribution in [0.2, 0.25) is 0 Å². The van der Waals surface area contributed by atoms with E-state index < -0.39 is 0 Å². The number of ether oxygens (including phenoxy) is 1. The minimum atomic E-state index is -0.214. The molecule has 5 heteroatoms. The third kappa shape index (κ3) is 3.71. The Balaban J connectivity index is 2.86. The normalized spacial score (nSPS) is 11.8. The molecule has 0 radical (unpaired) electrons. The highest BCUT2D eigenvalue weighted by Crippen LogP contribution is 2.16. The lowest BCUT2D eigenvalue weighted by atomic mass is 10.1. The zero-order valence-corrected chi connectivity index (χ0v) is 12.8. The van der Waals surface area contributed by atoms with Crippen molar-refractivity contribution >= 4 is 31.9 Å². The first kappa shape index (κ1) is 13.9. The molecule has 0 unspecified atom stereocenters. The van der Waals surface area contributed by atoms with Crippen LogP contribution in [0.3, 0.4) is 0 Å². The summed E-state index contributed by atoms with van der Waals surface area (Å²) in [6.45, 7) is 4.65. The summed E-state index contributed by atoms with van der Waals surface area (Å²) in [4.78, 5) is 11.8. The van der Waals surface area contributed by atoms with Crippen LogP contribution >= 0.6 is 31.9 Å². The highest BCUT2D eigenvalue weighted by Gasteiger charge is 2.16. The fourth-order valence-electron chi connectivity index (χ4n) is 1.22. The number of rotatable bonds is 4. The number of hydrogen-bond donors (Lipinski definition) is 0. The van der Waals surface area contributed by atoms with Gasteiger partial charge in [-0.15, -0.1) is 0 Å². The lowest BCUT2D eigenvalue weighted by Crippen LogP contribution is -2.28. The Morgan fingerprint density at radius 2 is 2.06 bits per heavy atom. The van der Waals surface area contributed by atoms with Crippen LogP contribution in [0.25, 0.3) is 0 Å². The predicted octanol–water partition coefficient (Wildman–Crippen LogP) is 3.19. The Hall–Kier alpha value is -0.130. The Kier molecular flexibility index (Phi) is 4.76. The van der Waals surface area contributed by atoms with Gasteiger partial charge in [0.1, 0.15) is 0 Å². The molecular formula is C11H15Br2NO2. The quantitative estimate of drug-likeness (QED) is 0.833. The molecule has 3 nitrogen and oxygen atoms in total. The van der Waals surface area contributed by atoms with E-state index >= 15 is 0 Å². The lowest BCUT2D eigenvalue weighted by molar-refractivity contribution is 0.0118. The van der Waals surface area contributed by atoms with Gasteiger partial charge in [0.15, 0.2) is 0 Å². The van der Waals surface area contributed by atoms with Gasteiger partial charge < -0.3 is 9.30 Å². The minimum absolute atomic E-state index is 0.0184. The molecule has 0 amide bonds. The summed E-state index contributed by atoms with van der Waals surface area (Å²) in [5.41, 5.74) is -0.232. The zero-order chi connectivity index (χ0) is 12.3. The molecule has 0 aliphatic rings. The molecule has 0 aromatic carbocycles. The van der Waals surface area contributed by atoms with E-state index in [1.807, 2.05) is 13.8 Å². The summed E-state index contributed by atoms with van der Waals surface area (Å²) in [5, 5.41) is 0. The summed E-state index contributed by atoms with van der Waals surface area (Å²) in [6.07, 6.45) is 2.57. The van der Waals surface area contributed by atoms with Crippen molar-refractivity contribution in [3.8, 4) is 0 Å². The molecule has 16 heavy (non-hydrogen) atoms. The number of aryl methyl sites for hydroxylation is 1. The smallest absolute Gasteiger partial charge is 0.264 e. The molecule has 1 heterocycles. The molecule has 0 aliphatic heterocycles. The molecule has 0 fully saturated rings. The fraction of sp³-hybridized carbons (Fsp3) is 0.545. The zero-order valence-electron chi connectivity index (χ0n) is 9.59. The Bertz CT molecular complexity index is 426. The Labute approximate surface area is 112 Å². The van der Waals surface area contributed by atoms with Crippen molar-refractivity contribution in [2.24, 2.45) is 0 Å². The van der Waals surface area contributed by atoms with Gasteiger partial charge in [-0.25, -0.2) is 0 Å². The average molecular weight is 353 g/mol. The predicted molar refractivity (Wildman–Crippen MR) is 71.8 cm³/mol. The van der Waals surface area contributed by atoms with Gasteiger partial charge in [-0.1, -0.05) is 0 Å². The van der Waals surface area contributed by atoms with Crippen LogP contribution in [0, 0.1) is 0 Å². The van der Waals surface area contributed by atoms with E-state index in [9.17, 15) is 4.79 Å². The largest absolute Gasteiger partial charge is 0.379 e. The van der Waals surface area contributed by atoms with E-state index in [1.54, 1.807) is 23.9 Å². The van der Waals surface area contributed by atoms with Crippen LogP contribution in [-0.4, -0.2) is 17.3 Å². The first-order valence-electron chi connectivity index (χ1n) is 4.96. The van der Waals surface area contributed by atoms with E-state index in [4.69, 9.17) is 4.74 Å². The standard InChI is InChI=1S/C11H15Br2NO2/c1-11(2,16-3)4-5-14-7-8(12)6-9(13)10(14)15/h6-7H,4-5H2,1-3H3. The van der Waals surface area contributed by atoms with Crippen LogP contribution in [0.1, 0.15) is 20.3 Å². The van der Waals surface area contributed by atoms with Gasteiger partial charge in [0.2, 0.25) is 0 Å². The first-order chi connectivity index (χ1) is 7.35. The monoisotopic (exact) mass is 351 g/mol. The molecule has 1 aromatic heterocycles. The van der Waals surface area contributed by atoms with Crippen LogP contribution < -0.4 is 5.56 Å². The summed E-state index contributed by atoms with van der Waals surface area (Å²) in [7, 11) is 1.68. The van der Waals surface area contributed by atoms with Gasteiger partial charge in [-0.3, -0.25) is 4.79 Å². The second-order valence-corrected chi connectivity index (χ2v) is 5.99. The highest BCUT2D eigenvalue weighted by molar-refractivity contribution is 9.11. The van der Waals surface area contributed by atoms with Crippen molar-refractivity contribution in [2.75, 3.05) is 7.11 Å². The molecule has 1 rings (SSSR count).